The molecule has 4 fully saturated rings. The van der Waals surface area contributed by atoms with Crippen LogP contribution in [-0.4, -0.2) is 40.3 Å². The summed E-state index contributed by atoms with van der Waals surface area (Å²) in [4.78, 5) is 24.6. The second-order valence-corrected chi connectivity index (χ2v) is 13.1. The maximum absolute atomic E-state index is 12.4. The van der Waals surface area contributed by atoms with Gasteiger partial charge in [-0.05, 0) is 79.4 Å². The van der Waals surface area contributed by atoms with Crippen LogP contribution in [0.2, 0.25) is 0 Å². The zero-order valence-electron chi connectivity index (χ0n) is 21.1. The van der Waals surface area contributed by atoms with E-state index in [9.17, 15) is 19.8 Å². The zero-order chi connectivity index (χ0) is 23.9. The Balaban J connectivity index is 1.83. The fraction of sp³-hybridized carbons (Fsp3) is 0.926. The van der Waals surface area contributed by atoms with E-state index in [1.165, 1.54) is 33.1 Å². The quantitative estimate of drug-likeness (QED) is 0.607. The average molecular weight is 449 g/mol. The van der Waals surface area contributed by atoms with Crippen molar-refractivity contribution in [1.82, 2.24) is 0 Å². The molecule has 2 N–H and O–H groups in total. The summed E-state index contributed by atoms with van der Waals surface area (Å²) in [7, 11) is 0. The molecule has 32 heavy (non-hydrogen) atoms. The Kier molecular flexibility index (Phi) is 5.69. The maximum Gasteiger partial charge on any atom is 0.302 e. The zero-order valence-corrected chi connectivity index (χ0v) is 21.1. The Bertz CT molecular complexity index is 791. The Morgan fingerprint density at radius 1 is 0.844 bits per heavy atom. The molecule has 0 saturated heterocycles. The van der Waals surface area contributed by atoms with Gasteiger partial charge in [0.15, 0.2) is 0 Å². The van der Waals surface area contributed by atoms with E-state index in [1.54, 1.807) is 0 Å². The molecule has 5 heteroatoms. The molecular formula is C27H44O5. The van der Waals surface area contributed by atoms with Crippen molar-refractivity contribution in [1.29, 1.82) is 0 Å². The summed E-state index contributed by atoms with van der Waals surface area (Å²) in [6.45, 7) is 14.6. The van der Waals surface area contributed by atoms with Crippen LogP contribution in [0.4, 0.5) is 0 Å². The van der Waals surface area contributed by atoms with E-state index in [-0.39, 0.29) is 33.9 Å². The summed E-state index contributed by atoms with van der Waals surface area (Å²) in [5.41, 5.74) is -0.396. The Hall–Kier alpha value is -0.940. The van der Waals surface area contributed by atoms with Crippen LogP contribution in [0.1, 0.15) is 93.4 Å². The molecule has 0 aliphatic heterocycles. The lowest BCUT2D eigenvalue weighted by molar-refractivity contribution is -0.276. The molecule has 10 unspecified atom stereocenters. The molecule has 5 nitrogen and oxygen atoms in total. The highest BCUT2D eigenvalue weighted by atomic mass is 16.5. The van der Waals surface area contributed by atoms with Crippen LogP contribution < -0.4 is 0 Å². The van der Waals surface area contributed by atoms with Crippen molar-refractivity contribution >= 4 is 11.8 Å². The summed E-state index contributed by atoms with van der Waals surface area (Å²) in [6, 6.07) is 0. The molecule has 182 valence electrons. The van der Waals surface area contributed by atoms with Gasteiger partial charge in [0.25, 0.3) is 0 Å². The molecule has 4 rings (SSSR count). The van der Waals surface area contributed by atoms with E-state index >= 15 is 0 Å². The third-order valence-corrected chi connectivity index (χ3v) is 11.2. The molecule has 0 bridgehead atoms. The van der Waals surface area contributed by atoms with Crippen LogP contribution in [0.15, 0.2) is 0 Å². The van der Waals surface area contributed by atoms with E-state index < -0.39 is 29.6 Å². The molecule has 0 spiro atoms. The molecule has 0 aromatic carbocycles. The van der Waals surface area contributed by atoms with Crippen molar-refractivity contribution in [2.24, 2.45) is 45.3 Å². The van der Waals surface area contributed by atoms with Crippen LogP contribution >= 0.6 is 0 Å². The number of carbonyl (C=O) groups is 2. The van der Waals surface area contributed by atoms with Gasteiger partial charge in [-0.3, -0.25) is 9.59 Å². The van der Waals surface area contributed by atoms with Gasteiger partial charge >= 0.3 is 5.97 Å². The monoisotopic (exact) mass is 448 g/mol. The number of hydrogen-bond acceptors (Lipinski definition) is 5. The summed E-state index contributed by atoms with van der Waals surface area (Å²) >= 11 is 0. The number of hydrogen-bond donors (Lipinski definition) is 2. The summed E-state index contributed by atoms with van der Waals surface area (Å²) in [5.74, 6) is -0.394. The van der Waals surface area contributed by atoms with Crippen molar-refractivity contribution in [3.05, 3.63) is 0 Å². The number of esters is 1. The van der Waals surface area contributed by atoms with Gasteiger partial charge < -0.3 is 14.9 Å². The molecule has 0 aromatic rings. The molecule has 4 aliphatic carbocycles. The maximum atomic E-state index is 12.4. The van der Waals surface area contributed by atoms with Crippen molar-refractivity contribution in [3.63, 3.8) is 0 Å². The minimum absolute atomic E-state index is 0.0125. The summed E-state index contributed by atoms with van der Waals surface area (Å²) in [6.07, 6.45) is 4.73. The second kappa shape index (κ2) is 7.53. The lowest BCUT2D eigenvalue weighted by Crippen LogP contribution is -2.71. The highest BCUT2D eigenvalue weighted by Gasteiger charge is 2.70. The molecule has 4 aliphatic rings. The summed E-state index contributed by atoms with van der Waals surface area (Å²) < 4.78 is 5.98. The Morgan fingerprint density at radius 3 is 2.06 bits per heavy atom. The largest absolute Gasteiger partial charge is 0.462 e. The van der Waals surface area contributed by atoms with Gasteiger partial charge in [0.1, 0.15) is 11.9 Å². The predicted octanol–water partition coefficient (Wildman–Crippen LogP) is 4.52. The normalized spacial score (nSPS) is 52.2. The first-order chi connectivity index (χ1) is 14.7. The van der Waals surface area contributed by atoms with Crippen molar-refractivity contribution < 1.29 is 24.5 Å². The van der Waals surface area contributed by atoms with Crippen molar-refractivity contribution in [2.45, 2.75) is 112 Å². The number of aliphatic hydroxyl groups is 2. The fourth-order valence-corrected chi connectivity index (χ4v) is 9.82. The standard InChI is InChI=1S/C27H44O5/c1-15(28)22-17(30)13-20-26(6)12-9-18-24(3,4)10-8-11-25(18,5)19(26)14-21(32-16(2)29)27(20,7)23(22)31/h17-23,30-31H,8-14H2,1-7H3. The first kappa shape index (κ1) is 24.2. The molecule has 0 radical (unpaired) electrons. The minimum atomic E-state index is -1.02. The topological polar surface area (TPSA) is 83.8 Å². The van der Waals surface area contributed by atoms with Crippen LogP contribution in [0.3, 0.4) is 0 Å². The summed E-state index contributed by atoms with van der Waals surface area (Å²) in [5, 5.41) is 22.6. The highest BCUT2D eigenvalue weighted by molar-refractivity contribution is 5.80. The minimum Gasteiger partial charge on any atom is -0.462 e. The Morgan fingerprint density at radius 2 is 1.47 bits per heavy atom. The smallest absolute Gasteiger partial charge is 0.302 e. The predicted molar refractivity (Wildman–Crippen MR) is 123 cm³/mol. The van der Waals surface area contributed by atoms with Gasteiger partial charge in [0.05, 0.1) is 18.1 Å². The SMILES string of the molecule is CC(=O)OC1CC2C3(C)CCCC(C)(C)C3CCC2(C)C2CC(O)C(C(C)=O)C(O)C12C. The molecule has 4 saturated carbocycles. The van der Waals surface area contributed by atoms with Crippen LogP contribution in [0.25, 0.3) is 0 Å². The number of aliphatic hydroxyl groups excluding tert-OH is 2. The number of rotatable bonds is 2. The molecule has 0 aromatic heterocycles. The third kappa shape index (κ3) is 3.16. The number of carbonyl (C=O) groups excluding carboxylic acids is 2. The third-order valence-electron chi connectivity index (χ3n) is 11.2. The van der Waals surface area contributed by atoms with Gasteiger partial charge in [-0.2, -0.15) is 0 Å². The van der Waals surface area contributed by atoms with Crippen LogP contribution in [-0.2, 0) is 14.3 Å². The van der Waals surface area contributed by atoms with E-state index in [0.29, 0.717) is 18.3 Å². The van der Waals surface area contributed by atoms with Gasteiger partial charge in [0.2, 0.25) is 0 Å². The van der Waals surface area contributed by atoms with Crippen LogP contribution in [0.5, 0.6) is 0 Å². The van der Waals surface area contributed by atoms with Gasteiger partial charge in [-0.1, -0.05) is 41.0 Å². The van der Waals surface area contributed by atoms with Gasteiger partial charge in [-0.25, -0.2) is 0 Å². The highest BCUT2D eigenvalue weighted by Crippen LogP contribution is 2.73. The van der Waals surface area contributed by atoms with E-state index in [2.05, 4.69) is 27.7 Å². The molecule has 0 amide bonds. The number of Topliss-reactive ketones (excluding diaryl/α,β-unsaturated/α-hetero) is 1. The van der Waals surface area contributed by atoms with Crippen LogP contribution in [0, 0.1) is 45.3 Å². The lowest BCUT2D eigenvalue weighted by Gasteiger charge is -2.71. The van der Waals surface area contributed by atoms with Gasteiger partial charge in [-0.15, -0.1) is 0 Å². The second-order valence-electron chi connectivity index (χ2n) is 13.1. The van der Waals surface area contributed by atoms with Crippen molar-refractivity contribution in [3.8, 4) is 0 Å². The van der Waals surface area contributed by atoms with E-state index in [1.807, 2.05) is 6.92 Å². The number of ether oxygens (including phenoxy) is 1. The average Bonchev–Trinajstić information content (AvgIpc) is 2.64. The molecule has 10 atom stereocenters. The van der Waals surface area contributed by atoms with E-state index in [4.69, 9.17) is 4.74 Å². The van der Waals surface area contributed by atoms with E-state index in [0.717, 1.165) is 19.3 Å². The lowest BCUT2D eigenvalue weighted by atomic mass is 9.34. The number of ketones is 1. The first-order valence-electron chi connectivity index (χ1n) is 12.7. The number of fused-ring (bicyclic) bond motifs is 5. The Labute approximate surface area is 193 Å². The van der Waals surface area contributed by atoms with Gasteiger partial charge in [0, 0.05) is 12.3 Å². The van der Waals surface area contributed by atoms with Crippen molar-refractivity contribution in [2.75, 3.05) is 0 Å². The molecular weight excluding hydrogens is 404 g/mol. The molecule has 0 heterocycles. The first-order valence-corrected chi connectivity index (χ1v) is 12.7. The fourth-order valence-electron chi connectivity index (χ4n) is 9.82.